The number of nitrogens with one attached hydrogen (secondary N) is 1. The van der Waals surface area contributed by atoms with Crippen LogP contribution in [0.2, 0.25) is 0 Å². The van der Waals surface area contributed by atoms with Crippen LogP contribution in [0.25, 0.3) is 0 Å². The second-order valence-electron chi connectivity index (χ2n) is 7.77. The zero-order chi connectivity index (χ0) is 23.1. The molecule has 0 radical (unpaired) electrons. The Hall–Kier alpha value is -3.09. The molecule has 0 aliphatic heterocycles. The number of benzene rings is 1. The first kappa shape index (κ1) is 24.2. The lowest BCUT2D eigenvalue weighted by atomic mass is 10.1. The van der Waals surface area contributed by atoms with Gasteiger partial charge in [0.15, 0.2) is 5.75 Å². The number of pyridine rings is 1. The first-order chi connectivity index (χ1) is 14.6. The van der Waals surface area contributed by atoms with E-state index in [1.165, 1.54) is 0 Å². The van der Waals surface area contributed by atoms with Crippen LogP contribution in [0.1, 0.15) is 61.9 Å². The van der Waals surface area contributed by atoms with Gasteiger partial charge in [0, 0.05) is 18.2 Å². The standard InChI is InChI=1S/C24H32N2O5/c1-7-18(8-2)30-19-13-17(6)25-24(22(19)26-20(27)9-10-21(28)29)31-23-15(4)11-14(3)12-16(23)5/h11-13,18H,7-10H2,1-6H3,(H,26,27)(H,28,29). The summed E-state index contributed by atoms with van der Waals surface area (Å²) in [6.45, 7) is 11.8. The van der Waals surface area contributed by atoms with Gasteiger partial charge in [0.25, 0.3) is 0 Å². The number of ether oxygens (including phenoxy) is 2. The Bertz CT molecular complexity index is 928. The van der Waals surface area contributed by atoms with Crippen LogP contribution in [0.5, 0.6) is 17.4 Å². The molecule has 7 nitrogen and oxygen atoms in total. The Labute approximate surface area is 183 Å². The number of carbonyl (C=O) groups excluding carboxylic acids is 1. The number of amides is 1. The topological polar surface area (TPSA) is 97.8 Å². The predicted octanol–water partition coefficient (Wildman–Crippen LogP) is 5.48. The first-order valence-corrected chi connectivity index (χ1v) is 10.6. The number of hydrogen-bond acceptors (Lipinski definition) is 5. The molecule has 0 bridgehead atoms. The molecule has 2 rings (SSSR count). The van der Waals surface area contributed by atoms with E-state index < -0.39 is 11.9 Å². The minimum Gasteiger partial charge on any atom is -0.488 e. The highest BCUT2D eigenvalue weighted by Crippen LogP contribution is 2.39. The van der Waals surface area contributed by atoms with E-state index in [0.717, 1.165) is 29.5 Å². The fourth-order valence-corrected chi connectivity index (χ4v) is 3.38. The monoisotopic (exact) mass is 428 g/mol. The minimum atomic E-state index is -1.03. The third-order valence-electron chi connectivity index (χ3n) is 4.92. The summed E-state index contributed by atoms with van der Waals surface area (Å²) in [6.07, 6.45) is 1.15. The van der Waals surface area contributed by atoms with Gasteiger partial charge in [-0.15, -0.1) is 0 Å². The van der Waals surface area contributed by atoms with E-state index in [-0.39, 0.29) is 24.8 Å². The summed E-state index contributed by atoms with van der Waals surface area (Å²) in [7, 11) is 0. The maximum Gasteiger partial charge on any atom is 0.303 e. The zero-order valence-electron chi connectivity index (χ0n) is 19.2. The van der Waals surface area contributed by atoms with E-state index >= 15 is 0 Å². The Morgan fingerprint density at radius 1 is 1.03 bits per heavy atom. The van der Waals surface area contributed by atoms with Gasteiger partial charge in [0.05, 0.1) is 12.5 Å². The number of aromatic nitrogens is 1. The number of hydrogen-bond donors (Lipinski definition) is 2. The zero-order valence-corrected chi connectivity index (χ0v) is 19.2. The third-order valence-corrected chi connectivity index (χ3v) is 4.92. The van der Waals surface area contributed by atoms with Crippen LogP contribution in [-0.2, 0) is 9.59 Å². The average molecular weight is 429 g/mol. The molecule has 1 heterocycles. The van der Waals surface area contributed by atoms with Crippen LogP contribution in [0.4, 0.5) is 5.69 Å². The SMILES string of the molecule is CCC(CC)Oc1cc(C)nc(Oc2c(C)cc(C)cc2C)c1NC(=O)CCC(=O)O. The molecule has 0 spiro atoms. The molecule has 1 aromatic heterocycles. The van der Waals surface area contributed by atoms with Crippen molar-refractivity contribution in [3.63, 3.8) is 0 Å². The number of nitrogens with zero attached hydrogens (tertiary/aromatic N) is 1. The third kappa shape index (κ3) is 6.70. The second kappa shape index (κ2) is 10.8. The molecule has 0 saturated heterocycles. The Kier molecular flexibility index (Phi) is 8.42. The van der Waals surface area contributed by atoms with Crippen molar-refractivity contribution in [2.24, 2.45) is 0 Å². The summed E-state index contributed by atoms with van der Waals surface area (Å²) in [5.41, 5.74) is 4.02. The Morgan fingerprint density at radius 3 is 2.19 bits per heavy atom. The molecule has 0 unspecified atom stereocenters. The van der Waals surface area contributed by atoms with Gasteiger partial charge in [0.1, 0.15) is 11.4 Å². The molecule has 2 aromatic rings. The van der Waals surface area contributed by atoms with Crippen molar-refractivity contribution in [2.75, 3.05) is 5.32 Å². The fourth-order valence-electron chi connectivity index (χ4n) is 3.38. The normalized spacial score (nSPS) is 10.8. The van der Waals surface area contributed by atoms with Crippen LogP contribution in [0.15, 0.2) is 18.2 Å². The molecule has 1 amide bonds. The summed E-state index contributed by atoms with van der Waals surface area (Å²) in [5, 5.41) is 11.7. The second-order valence-corrected chi connectivity index (χ2v) is 7.77. The molecule has 31 heavy (non-hydrogen) atoms. The number of anilines is 1. The van der Waals surface area contributed by atoms with Gasteiger partial charge in [-0.05, 0) is 51.7 Å². The minimum absolute atomic E-state index is 0.0350. The Morgan fingerprint density at radius 2 is 1.65 bits per heavy atom. The predicted molar refractivity (Wildman–Crippen MR) is 120 cm³/mol. The molecular formula is C24H32N2O5. The molecule has 1 aromatic carbocycles. The van der Waals surface area contributed by atoms with Crippen LogP contribution in [0.3, 0.4) is 0 Å². The average Bonchev–Trinajstić information content (AvgIpc) is 2.69. The highest BCUT2D eigenvalue weighted by molar-refractivity contribution is 5.95. The number of carboxylic acids is 1. The molecule has 7 heteroatoms. The summed E-state index contributed by atoms with van der Waals surface area (Å²) in [4.78, 5) is 27.8. The molecule has 2 N–H and O–H groups in total. The van der Waals surface area contributed by atoms with Gasteiger partial charge in [-0.2, -0.15) is 0 Å². The molecule has 0 atom stereocenters. The van der Waals surface area contributed by atoms with Gasteiger partial charge in [-0.1, -0.05) is 31.5 Å². The van der Waals surface area contributed by atoms with Crippen LogP contribution < -0.4 is 14.8 Å². The van der Waals surface area contributed by atoms with Crippen molar-refractivity contribution in [1.29, 1.82) is 0 Å². The highest BCUT2D eigenvalue weighted by Gasteiger charge is 2.21. The number of carboxylic acid groups (broad SMARTS) is 1. The lowest BCUT2D eigenvalue weighted by Gasteiger charge is -2.22. The van der Waals surface area contributed by atoms with E-state index in [0.29, 0.717) is 22.9 Å². The molecule has 168 valence electrons. The maximum absolute atomic E-state index is 12.4. The van der Waals surface area contributed by atoms with Crippen LogP contribution >= 0.6 is 0 Å². The van der Waals surface area contributed by atoms with Crippen LogP contribution in [0, 0.1) is 27.7 Å². The van der Waals surface area contributed by atoms with E-state index in [1.807, 2.05) is 53.7 Å². The van der Waals surface area contributed by atoms with Gasteiger partial charge >= 0.3 is 5.97 Å². The lowest BCUT2D eigenvalue weighted by molar-refractivity contribution is -0.138. The van der Waals surface area contributed by atoms with Crippen molar-refractivity contribution < 1.29 is 24.2 Å². The van der Waals surface area contributed by atoms with Gasteiger partial charge in [0.2, 0.25) is 11.8 Å². The van der Waals surface area contributed by atoms with Gasteiger partial charge in [-0.3, -0.25) is 9.59 Å². The number of rotatable bonds is 10. The number of carbonyl (C=O) groups is 2. The van der Waals surface area contributed by atoms with E-state index in [4.69, 9.17) is 14.6 Å². The molecule has 0 saturated carbocycles. The number of aryl methyl sites for hydroxylation is 4. The van der Waals surface area contributed by atoms with Gasteiger partial charge in [-0.25, -0.2) is 4.98 Å². The molecule has 0 aliphatic rings. The van der Waals surface area contributed by atoms with Crippen molar-refractivity contribution in [3.8, 4) is 17.4 Å². The van der Waals surface area contributed by atoms with Crippen molar-refractivity contribution in [1.82, 2.24) is 4.98 Å². The van der Waals surface area contributed by atoms with Crippen molar-refractivity contribution >= 4 is 17.6 Å². The van der Waals surface area contributed by atoms with Gasteiger partial charge < -0.3 is 19.9 Å². The largest absolute Gasteiger partial charge is 0.488 e. The lowest BCUT2D eigenvalue weighted by Crippen LogP contribution is -2.19. The highest BCUT2D eigenvalue weighted by atomic mass is 16.5. The summed E-state index contributed by atoms with van der Waals surface area (Å²) < 4.78 is 12.4. The smallest absolute Gasteiger partial charge is 0.303 e. The molecular weight excluding hydrogens is 396 g/mol. The van der Waals surface area contributed by atoms with Crippen molar-refractivity contribution in [2.45, 2.75) is 73.3 Å². The Balaban J connectivity index is 2.51. The molecule has 0 aliphatic carbocycles. The summed E-state index contributed by atoms with van der Waals surface area (Å²) >= 11 is 0. The molecule has 0 fully saturated rings. The quantitative estimate of drug-likeness (QED) is 0.520. The number of aliphatic carboxylic acids is 1. The summed E-state index contributed by atoms with van der Waals surface area (Å²) in [6, 6.07) is 5.79. The maximum atomic E-state index is 12.4. The fraction of sp³-hybridized carbons (Fsp3) is 0.458. The van der Waals surface area contributed by atoms with Crippen molar-refractivity contribution in [3.05, 3.63) is 40.6 Å². The first-order valence-electron chi connectivity index (χ1n) is 10.6. The summed E-state index contributed by atoms with van der Waals surface area (Å²) in [5.74, 6) is -0.127. The van der Waals surface area contributed by atoms with E-state index in [1.54, 1.807) is 6.07 Å². The van der Waals surface area contributed by atoms with E-state index in [9.17, 15) is 9.59 Å². The van der Waals surface area contributed by atoms with E-state index in [2.05, 4.69) is 10.3 Å². The van der Waals surface area contributed by atoms with Crippen LogP contribution in [-0.4, -0.2) is 28.1 Å².